The summed E-state index contributed by atoms with van der Waals surface area (Å²) in [6.07, 6.45) is 1.22. The van der Waals surface area contributed by atoms with Gasteiger partial charge in [-0.3, -0.25) is 9.36 Å². The highest BCUT2D eigenvalue weighted by Crippen LogP contribution is 2.25. The van der Waals surface area contributed by atoms with E-state index >= 15 is 0 Å². The van der Waals surface area contributed by atoms with Crippen molar-refractivity contribution in [3.63, 3.8) is 0 Å². The number of carboxylic acid groups (broad SMARTS) is 2. The number of nitrogens with zero attached hydrogens (tertiary/aromatic N) is 2. The Bertz CT molecular complexity index is 1250. The Balaban J connectivity index is 1.95. The molecule has 4 aromatic rings. The van der Waals surface area contributed by atoms with Crippen molar-refractivity contribution < 1.29 is 24.6 Å². The van der Waals surface area contributed by atoms with E-state index in [2.05, 4.69) is 4.98 Å². The van der Waals surface area contributed by atoms with E-state index in [-0.39, 0.29) is 22.5 Å². The highest BCUT2D eigenvalue weighted by molar-refractivity contribution is 6.14. The largest absolute Gasteiger partial charge is 0.478 e. The minimum atomic E-state index is -1.42. The summed E-state index contributed by atoms with van der Waals surface area (Å²) in [5.74, 6) is -3.17. The van der Waals surface area contributed by atoms with Gasteiger partial charge in [-0.15, -0.1) is 0 Å². The van der Waals surface area contributed by atoms with Gasteiger partial charge in [0.2, 0.25) is 0 Å². The Hall–Kier alpha value is -4.00. The van der Waals surface area contributed by atoms with Gasteiger partial charge in [0.1, 0.15) is 17.4 Å². The van der Waals surface area contributed by atoms with Crippen LogP contribution in [0.3, 0.4) is 0 Å². The molecule has 0 aliphatic carbocycles. The average Bonchev–Trinajstić information content (AvgIpc) is 3.10. The van der Waals surface area contributed by atoms with Gasteiger partial charge < -0.3 is 10.2 Å². The number of benzene rings is 3. The number of hydrogen-bond acceptors (Lipinski definition) is 4. The summed E-state index contributed by atoms with van der Waals surface area (Å²) in [5, 5.41) is 20.3. The number of rotatable bonds is 3. The standard InChI is InChI=1S/C20H12N2O5/c23-18(13-7-3-5-11-4-1-2-6-12(11)13)22-10-21-17-15(22)9-8-14(19(24)25)16(17)20(26)27/h1-10H,(H,24,25)(H,26,27). The van der Waals surface area contributed by atoms with Crippen LogP contribution in [-0.2, 0) is 0 Å². The molecule has 0 aliphatic rings. The summed E-state index contributed by atoms with van der Waals surface area (Å²) in [6, 6.07) is 15.3. The number of carbonyl (C=O) groups excluding carboxylic acids is 1. The fourth-order valence-corrected chi connectivity index (χ4v) is 3.18. The van der Waals surface area contributed by atoms with Crippen molar-refractivity contribution in [3.05, 3.63) is 77.6 Å². The zero-order chi connectivity index (χ0) is 19.1. The number of aromatic carboxylic acids is 2. The summed E-state index contributed by atoms with van der Waals surface area (Å²) in [4.78, 5) is 40.0. The number of aromatic nitrogens is 2. The van der Waals surface area contributed by atoms with Gasteiger partial charge >= 0.3 is 11.9 Å². The topological polar surface area (TPSA) is 109 Å². The van der Waals surface area contributed by atoms with Crippen LogP contribution >= 0.6 is 0 Å². The molecule has 3 aromatic carbocycles. The first kappa shape index (κ1) is 16.5. The molecule has 0 spiro atoms. The third kappa shape index (κ3) is 2.53. The van der Waals surface area contributed by atoms with Crippen LogP contribution < -0.4 is 0 Å². The second-order valence-corrected chi connectivity index (χ2v) is 5.91. The van der Waals surface area contributed by atoms with Crippen molar-refractivity contribution in [2.75, 3.05) is 0 Å². The average molecular weight is 360 g/mol. The van der Waals surface area contributed by atoms with Crippen LogP contribution in [0.4, 0.5) is 0 Å². The van der Waals surface area contributed by atoms with Crippen molar-refractivity contribution >= 4 is 39.7 Å². The van der Waals surface area contributed by atoms with Gasteiger partial charge in [-0.25, -0.2) is 14.6 Å². The maximum Gasteiger partial charge on any atom is 0.338 e. The molecule has 4 rings (SSSR count). The summed E-state index contributed by atoms with van der Waals surface area (Å²) in [5.41, 5.74) is -0.194. The maximum atomic E-state index is 13.1. The van der Waals surface area contributed by atoms with Crippen LogP contribution in [0.2, 0.25) is 0 Å². The first-order valence-corrected chi connectivity index (χ1v) is 7.98. The number of carboxylic acids is 2. The second-order valence-electron chi connectivity index (χ2n) is 5.91. The highest BCUT2D eigenvalue weighted by atomic mass is 16.4. The number of carbonyl (C=O) groups is 3. The molecule has 1 aromatic heterocycles. The first-order chi connectivity index (χ1) is 13.0. The highest BCUT2D eigenvalue weighted by Gasteiger charge is 2.24. The molecule has 132 valence electrons. The van der Waals surface area contributed by atoms with Crippen molar-refractivity contribution in [1.29, 1.82) is 0 Å². The van der Waals surface area contributed by atoms with Gasteiger partial charge in [0.15, 0.2) is 0 Å². The van der Waals surface area contributed by atoms with Crippen molar-refractivity contribution in [1.82, 2.24) is 9.55 Å². The van der Waals surface area contributed by atoms with Gasteiger partial charge in [-0.1, -0.05) is 36.4 Å². The molecule has 0 atom stereocenters. The minimum absolute atomic E-state index is 0.0454. The molecule has 0 aliphatic heterocycles. The smallest absolute Gasteiger partial charge is 0.338 e. The fourth-order valence-electron chi connectivity index (χ4n) is 3.18. The Morgan fingerprint density at radius 3 is 2.30 bits per heavy atom. The zero-order valence-electron chi connectivity index (χ0n) is 13.8. The van der Waals surface area contributed by atoms with Crippen LogP contribution in [-0.4, -0.2) is 37.6 Å². The Morgan fingerprint density at radius 2 is 1.56 bits per heavy atom. The van der Waals surface area contributed by atoms with E-state index in [1.165, 1.54) is 23.0 Å². The summed E-state index contributed by atoms with van der Waals surface area (Å²) in [7, 11) is 0. The monoisotopic (exact) mass is 360 g/mol. The van der Waals surface area contributed by atoms with Crippen molar-refractivity contribution in [2.45, 2.75) is 0 Å². The van der Waals surface area contributed by atoms with E-state index in [1.54, 1.807) is 12.1 Å². The molecule has 0 bridgehead atoms. The van der Waals surface area contributed by atoms with E-state index in [4.69, 9.17) is 0 Å². The SMILES string of the molecule is O=C(O)c1ccc2c(ncn2C(=O)c2cccc3ccccc23)c1C(=O)O. The lowest BCUT2D eigenvalue weighted by Crippen LogP contribution is -2.12. The second kappa shape index (κ2) is 6.06. The normalized spacial score (nSPS) is 11.0. The van der Waals surface area contributed by atoms with Gasteiger partial charge in [0.05, 0.1) is 11.1 Å². The lowest BCUT2D eigenvalue weighted by Gasteiger charge is -2.08. The van der Waals surface area contributed by atoms with E-state index in [0.717, 1.165) is 10.8 Å². The fraction of sp³-hybridized carbons (Fsp3) is 0. The van der Waals surface area contributed by atoms with Crippen LogP contribution in [0.25, 0.3) is 21.8 Å². The minimum Gasteiger partial charge on any atom is -0.478 e. The molecule has 7 nitrogen and oxygen atoms in total. The predicted octanol–water partition coefficient (Wildman–Crippen LogP) is 3.27. The number of imidazole rings is 1. The Morgan fingerprint density at radius 1 is 0.815 bits per heavy atom. The van der Waals surface area contributed by atoms with E-state index in [9.17, 15) is 24.6 Å². The predicted molar refractivity (Wildman–Crippen MR) is 97.3 cm³/mol. The molecule has 1 heterocycles. The molecular formula is C20H12N2O5. The third-order valence-electron chi connectivity index (χ3n) is 4.40. The van der Waals surface area contributed by atoms with Gasteiger partial charge in [0.25, 0.3) is 5.91 Å². The molecule has 2 N–H and O–H groups in total. The van der Waals surface area contributed by atoms with Crippen LogP contribution in [0.15, 0.2) is 60.9 Å². The van der Waals surface area contributed by atoms with Gasteiger partial charge in [-0.05, 0) is 29.0 Å². The Labute approximate surface area is 152 Å². The zero-order valence-corrected chi connectivity index (χ0v) is 13.8. The molecule has 0 unspecified atom stereocenters. The van der Waals surface area contributed by atoms with Gasteiger partial charge in [0, 0.05) is 5.56 Å². The molecular weight excluding hydrogens is 348 g/mol. The van der Waals surface area contributed by atoms with Crippen LogP contribution in [0.5, 0.6) is 0 Å². The van der Waals surface area contributed by atoms with Crippen LogP contribution in [0, 0.1) is 0 Å². The summed E-state index contributed by atoms with van der Waals surface area (Å²) < 4.78 is 1.23. The quantitative estimate of drug-likeness (QED) is 0.580. The molecule has 27 heavy (non-hydrogen) atoms. The molecule has 0 amide bonds. The van der Waals surface area contributed by atoms with E-state index in [0.29, 0.717) is 5.56 Å². The molecule has 0 radical (unpaired) electrons. The first-order valence-electron chi connectivity index (χ1n) is 7.98. The molecule has 0 saturated carbocycles. The lowest BCUT2D eigenvalue weighted by molar-refractivity contribution is 0.0653. The number of hydrogen-bond donors (Lipinski definition) is 2. The summed E-state index contributed by atoms with van der Waals surface area (Å²) in [6.45, 7) is 0. The Kier molecular flexibility index (Phi) is 3.70. The van der Waals surface area contributed by atoms with E-state index < -0.39 is 17.5 Å². The van der Waals surface area contributed by atoms with Crippen LogP contribution in [0.1, 0.15) is 31.1 Å². The summed E-state index contributed by atoms with van der Waals surface area (Å²) >= 11 is 0. The number of fused-ring (bicyclic) bond motifs is 2. The molecule has 0 fully saturated rings. The molecule has 7 heteroatoms. The molecule has 0 saturated heterocycles. The van der Waals surface area contributed by atoms with Gasteiger partial charge in [-0.2, -0.15) is 0 Å². The lowest BCUT2D eigenvalue weighted by atomic mass is 10.0. The van der Waals surface area contributed by atoms with E-state index in [1.807, 2.05) is 30.3 Å². The maximum absolute atomic E-state index is 13.1. The van der Waals surface area contributed by atoms with Crippen molar-refractivity contribution in [3.8, 4) is 0 Å². The van der Waals surface area contributed by atoms with Crippen molar-refractivity contribution in [2.24, 2.45) is 0 Å². The third-order valence-corrected chi connectivity index (χ3v) is 4.40.